The molecule has 0 radical (unpaired) electrons. The van der Waals surface area contributed by atoms with Gasteiger partial charge in [0.2, 0.25) is 5.91 Å². The molecule has 1 amide bonds. The predicted molar refractivity (Wildman–Crippen MR) is 100 cm³/mol. The predicted octanol–water partition coefficient (Wildman–Crippen LogP) is 0.832. The van der Waals surface area contributed by atoms with Crippen molar-refractivity contribution in [3.05, 3.63) is 24.8 Å². The molecule has 0 atom stereocenters. The van der Waals surface area contributed by atoms with E-state index >= 15 is 0 Å². The van der Waals surface area contributed by atoms with E-state index in [0.717, 1.165) is 18.8 Å². The van der Waals surface area contributed by atoms with E-state index in [1.807, 2.05) is 25.1 Å². The first-order chi connectivity index (χ1) is 11.5. The fraction of sp³-hybridized carbons (Fsp3) is 0.375. The number of aliphatic imine (C=N–C) groups is 1. The summed E-state index contributed by atoms with van der Waals surface area (Å²) in [6, 6.07) is 3.59. The third kappa shape index (κ3) is 5.17. The minimum absolute atomic E-state index is 0.241. The lowest BCUT2D eigenvalue weighted by molar-refractivity contribution is -0.111. The van der Waals surface area contributed by atoms with Crippen molar-refractivity contribution in [2.45, 2.75) is 0 Å². The van der Waals surface area contributed by atoms with E-state index < -0.39 is 0 Å². The summed E-state index contributed by atoms with van der Waals surface area (Å²) in [4.78, 5) is 17.6. The quantitative estimate of drug-likeness (QED) is 0.319. The lowest BCUT2D eigenvalue weighted by Crippen LogP contribution is -2.28. The molecule has 132 valence electrons. The number of nitrogens with zero attached hydrogens (tertiary/aromatic N) is 2. The molecule has 1 aromatic carbocycles. The van der Waals surface area contributed by atoms with Crippen LogP contribution in [0.3, 0.4) is 0 Å². The maximum Gasteiger partial charge on any atom is 0.247 e. The first-order valence-corrected chi connectivity index (χ1v) is 7.47. The first kappa shape index (κ1) is 19.3. The molecular formula is C16H26N6O2. The van der Waals surface area contributed by atoms with Crippen LogP contribution in [0.4, 0.5) is 17.1 Å². The van der Waals surface area contributed by atoms with Crippen LogP contribution in [0.25, 0.3) is 0 Å². The Hall–Kier alpha value is -2.74. The molecule has 0 aliphatic rings. The fourth-order valence-electron chi connectivity index (χ4n) is 2.03. The van der Waals surface area contributed by atoms with E-state index in [1.54, 1.807) is 20.2 Å². The monoisotopic (exact) mass is 334 g/mol. The number of guanidine groups is 1. The Bertz CT molecular complexity index is 615. The van der Waals surface area contributed by atoms with Gasteiger partial charge in [0.15, 0.2) is 5.96 Å². The van der Waals surface area contributed by atoms with Gasteiger partial charge in [-0.1, -0.05) is 6.58 Å². The van der Waals surface area contributed by atoms with Crippen molar-refractivity contribution in [2.24, 2.45) is 10.7 Å². The highest BCUT2D eigenvalue weighted by Crippen LogP contribution is 2.36. The minimum atomic E-state index is -0.300. The van der Waals surface area contributed by atoms with Crippen LogP contribution >= 0.6 is 0 Å². The summed E-state index contributed by atoms with van der Waals surface area (Å²) in [6.45, 7) is 5.03. The molecule has 0 aromatic heterocycles. The lowest BCUT2D eigenvalue weighted by Gasteiger charge is -2.24. The number of nitrogens with two attached hydrogens (primary N) is 1. The summed E-state index contributed by atoms with van der Waals surface area (Å²) in [5, 5.41) is 8.84. The molecule has 8 nitrogen and oxygen atoms in total. The molecule has 24 heavy (non-hydrogen) atoms. The second-order valence-corrected chi connectivity index (χ2v) is 5.02. The molecule has 0 aliphatic carbocycles. The van der Waals surface area contributed by atoms with Crippen LogP contribution in [0.15, 0.2) is 29.8 Å². The van der Waals surface area contributed by atoms with Crippen molar-refractivity contribution in [1.82, 2.24) is 5.32 Å². The molecule has 8 heteroatoms. The number of anilines is 3. The molecule has 1 aromatic rings. The number of likely N-dealkylation sites (N-methyl/N-ethyl adjacent to an activating group) is 2. The number of ether oxygens (including phenoxy) is 1. The van der Waals surface area contributed by atoms with E-state index in [0.29, 0.717) is 17.1 Å². The van der Waals surface area contributed by atoms with Crippen molar-refractivity contribution >= 4 is 28.9 Å². The summed E-state index contributed by atoms with van der Waals surface area (Å²) in [7, 11) is 6.97. The van der Waals surface area contributed by atoms with Gasteiger partial charge in [-0.05, 0) is 19.2 Å². The van der Waals surface area contributed by atoms with Gasteiger partial charge in [0.25, 0.3) is 0 Å². The van der Waals surface area contributed by atoms with Crippen LogP contribution in [0.5, 0.6) is 5.75 Å². The second kappa shape index (κ2) is 9.41. The number of nitrogens with one attached hydrogen (secondary N) is 3. The average molecular weight is 334 g/mol. The van der Waals surface area contributed by atoms with Gasteiger partial charge in [0, 0.05) is 33.3 Å². The number of hydrogen-bond acceptors (Lipinski definition) is 5. The van der Waals surface area contributed by atoms with E-state index in [2.05, 4.69) is 27.5 Å². The molecule has 0 saturated heterocycles. The molecule has 0 bridgehead atoms. The minimum Gasteiger partial charge on any atom is -0.494 e. The smallest absolute Gasteiger partial charge is 0.247 e. The molecule has 0 saturated carbocycles. The molecular weight excluding hydrogens is 308 g/mol. The highest BCUT2D eigenvalue weighted by molar-refractivity contribution is 6.03. The van der Waals surface area contributed by atoms with Gasteiger partial charge in [0.1, 0.15) is 5.75 Å². The first-order valence-electron chi connectivity index (χ1n) is 7.47. The van der Waals surface area contributed by atoms with Crippen molar-refractivity contribution in [1.29, 1.82) is 0 Å². The molecule has 0 heterocycles. The zero-order chi connectivity index (χ0) is 18.1. The van der Waals surface area contributed by atoms with Gasteiger partial charge >= 0.3 is 0 Å². The van der Waals surface area contributed by atoms with Gasteiger partial charge in [-0.2, -0.15) is 0 Å². The van der Waals surface area contributed by atoms with Crippen LogP contribution < -0.4 is 31.3 Å². The van der Waals surface area contributed by atoms with Gasteiger partial charge in [-0.15, -0.1) is 0 Å². The van der Waals surface area contributed by atoms with Gasteiger partial charge in [-0.25, -0.2) is 0 Å². The molecule has 0 fully saturated rings. The van der Waals surface area contributed by atoms with Crippen molar-refractivity contribution < 1.29 is 9.53 Å². The number of carbonyl (C=O) groups excluding carboxylic acids is 1. The van der Waals surface area contributed by atoms with Crippen molar-refractivity contribution in [2.75, 3.05) is 56.9 Å². The maximum absolute atomic E-state index is 11.8. The largest absolute Gasteiger partial charge is 0.494 e. The molecule has 0 spiro atoms. The Morgan fingerprint density at radius 3 is 2.67 bits per heavy atom. The van der Waals surface area contributed by atoms with Crippen LogP contribution in [0.1, 0.15) is 0 Å². The number of methoxy groups -OCH3 is 1. The summed E-state index contributed by atoms with van der Waals surface area (Å²) >= 11 is 0. The highest BCUT2D eigenvalue weighted by atomic mass is 16.5. The standard InChI is InChI=1S/C16H26N6O2/c1-6-15(23)20-11-9-12(21-16(17)19-3)14(24-5)10-13(11)22(4)8-7-18-2/h6,9-10,18H,1,7-8H2,2-5H3,(H,20,23)(H3,17,19,21). The van der Waals surface area contributed by atoms with Crippen LogP contribution in [0.2, 0.25) is 0 Å². The third-order valence-electron chi connectivity index (χ3n) is 3.37. The van der Waals surface area contributed by atoms with E-state index in [-0.39, 0.29) is 11.9 Å². The average Bonchev–Trinajstić information content (AvgIpc) is 2.59. The number of amides is 1. The van der Waals surface area contributed by atoms with Crippen LogP contribution in [-0.2, 0) is 4.79 Å². The summed E-state index contributed by atoms with van der Waals surface area (Å²) < 4.78 is 5.42. The maximum atomic E-state index is 11.8. The number of benzene rings is 1. The normalized spacial score (nSPS) is 10.9. The molecule has 0 aliphatic heterocycles. The van der Waals surface area contributed by atoms with Crippen molar-refractivity contribution in [3.63, 3.8) is 0 Å². The molecule has 0 unspecified atom stereocenters. The second-order valence-electron chi connectivity index (χ2n) is 5.02. The highest BCUT2D eigenvalue weighted by Gasteiger charge is 2.15. The van der Waals surface area contributed by atoms with Crippen LogP contribution in [0, 0.1) is 0 Å². The SMILES string of the molecule is C=CC(=O)Nc1cc(NC(N)=NC)c(OC)cc1N(C)CCNC. The Balaban J connectivity index is 3.32. The summed E-state index contributed by atoms with van der Waals surface area (Å²) in [5.74, 6) is 0.529. The van der Waals surface area contributed by atoms with E-state index in [9.17, 15) is 4.79 Å². The molecule has 5 N–H and O–H groups in total. The number of carbonyl (C=O) groups is 1. The Morgan fingerprint density at radius 1 is 1.42 bits per heavy atom. The number of rotatable bonds is 8. The summed E-state index contributed by atoms with van der Waals surface area (Å²) in [5.41, 5.74) is 7.76. The van der Waals surface area contributed by atoms with E-state index in [1.165, 1.54) is 6.08 Å². The fourth-order valence-corrected chi connectivity index (χ4v) is 2.03. The molecule has 1 rings (SSSR count). The summed E-state index contributed by atoms with van der Waals surface area (Å²) in [6.07, 6.45) is 1.22. The number of hydrogen-bond donors (Lipinski definition) is 4. The van der Waals surface area contributed by atoms with Crippen molar-refractivity contribution in [3.8, 4) is 5.75 Å². The Labute approximate surface area is 142 Å². The lowest BCUT2D eigenvalue weighted by atomic mass is 10.2. The van der Waals surface area contributed by atoms with Crippen LogP contribution in [-0.4, -0.2) is 53.2 Å². The van der Waals surface area contributed by atoms with Gasteiger partial charge in [0.05, 0.1) is 24.2 Å². The Morgan fingerprint density at radius 2 is 2.12 bits per heavy atom. The van der Waals surface area contributed by atoms with Gasteiger partial charge in [-0.3, -0.25) is 9.79 Å². The topological polar surface area (TPSA) is 104 Å². The van der Waals surface area contributed by atoms with E-state index in [4.69, 9.17) is 10.5 Å². The Kier molecular flexibility index (Phi) is 7.57. The zero-order valence-corrected chi connectivity index (χ0v) is 14.6. The van der Waals surface area contributed by atoms with Gasteiger partial charge < -0.3 is 31.3 Å². The zero-order valence-electron chi connectivity index (χ0n) is 14.6. The third-order valence-corrected chi connectivity index (χ3v) is 3.37.